The van der Waals surface area contributed by atoms with Gasteiger partial charge in [0, 0.05) is 5.69 Å². The summed E-state index contributed by atoms with van der Waals surface area (Å²) < 4.78 is 0. The van der Waals surface area contributed by atoms with Crippen LogP contribution in [0.25, 0.3) is 10.8 Å². The fourth-order valence-corrected chi connectivity index (χ4v) is 1.67. The van der Waals surface area contributed by atoms with Gasteiger partial charge in [0.2, 0.25) is 0 Å². The standard InChI is InChI=1S/C12H9NO4.K/c13-8-2-1-6-3-7(11(14)15)4-10(12(16)17)9(6)5-8;/h1-5H,13H2,(H,14,15)(H,16,17);/q;+1/p-1. The van der Waals surface area contributed by atoms with Crippen LogP contribution < -0.4 is 62.2 Å². The molecule has 0 heterocycles. The van der Waals surface area contributed by atoms with Crippen LogP contribution in [0.3, 0.4) is 0 Å². The molecule has 2 aromatic rings. The Balaban J connectivity index is 0.00000162. The van der Waals surface area contributed by atoms with Crippen LogP contribution in [-0.2, 0) is 0 Å². The quantitative estimate of drug-likeness (QED) is 0.463. The number of anilines is 1. The smallest absolute Gasteiger partial charge is 0.545 e. The Morgan fingerprint density at radius 2 is 1.83 bits per heavy atom. The van der Waals surface area contributed by atoms with Gasteiger partial charge in [-0.3, -0.25) is 0 Å². The molecule has 6 heteroatoms. The molecule has 0 amide bonds. The number of fused-ring (bicyclic) bond motifs is 1. The minimum Gasteiger partial charge on any atom is -0.545 e. The van der Waals surface area contributed by atoms with Gasteiger partial charge in [-0.25, -0.2) is 4.79 Å². The van der Waals surface area contributed by atoms with E-state index in [2.05, 4.69) is 0 Å². The van der Waals surface area contributed by atoms with Crippen molar-refractivity contribution in [3.8, 4) is 0 Å². The number of benzene rings is 2. The van der Waals surface area contributed by atoms with E-state index in [1.54, 1.807) is 12.1 Å². The largest absolute Gasteiger partial charge is 1.00 e. The molecule has 0 aliphatic rings. The molecule has 18 heavy (non-hydrogen) atoms. The van der Waals surface area contributed by atoms with E-state index in [4.69, 9.17) is 10.8 Å². The van der Waals surface area contributed by atoms with Crippen LogP contribution >= 0.6 is 0 Å². The van der Waals surface area contributed by atoms with E-state index >= 15 is 0 Å². The van der Waals surface area contributed by atoms with Crippen LogP contribution in [0.4, 0.5) is 5.69 Å². The Kier molecular flexibility index (Phi) is 4.89. The third-order valence-corrected chi connectivity index (χ3v) is 2.44. The molecule has 0 saturated carbocycles. The van der Waals surface area contributed by atoms with Gasteiger partial charge in [-0.15, -0.1) is 0 Å². The zero-order chi connectivity index (χ0) is 12.6. The summed E-state index contributed by atoms with van der Waals surface area (Å²) >= 11 is 0. The second-order valence-electron chi connectivity index (χ2n) is 3.60. The Hall–Kier alpha value is -0.924. The van der Waals surface area contributed by atoms with Crippen molar-refractivity contribution in [3.05, 3.63) is 41.5 Å². The van der Waals surface area contributed by atoms with Gasteiger partial charge >= 0.3 is 57.4 Å². The Morgan fingerprint density at radius 1 is 1.17 bits per heavy atom. The fourth-order valence-electron chi connectivity index (χ4n) is 1.67. The first-order chi connectivity index (χ1) is 7.99. The van der Waals surface area contributed by atoms with Crippen molar-refractivity contribution >= 4 is 28.4 Å². The number of hydrogen-bond acceptors (Lipinski definition) is 4. The van der Waals surface area contributed by atoms with Gasteiger partial charge in [-0.1, -0.05) is 6.07 Å². The first kappa shape index (κ1) is 15.1. The molecular weight excluding hydrogens is 261 g/mol. The van der Waals surface area contributed by atoms with Gasteiger partial charge in [0.05, 0.1) is 11.5 Å². The summed E-state index contributed by atoms with van der Waals surface area (Å²) in [5, 5.41) is 20.7. The van der Waals surface area contributed by atoms with Crippen LogP contribution in [0.2, 0.25) is 0 Å². The molecular formula is C12H8KNO4. The monoisotopic (exact) mass is 269 g/mol. The zero-order valence-corrected chi connectivity index (χ0v) is 12.8. The number of aromatic carboxylic acids is 2. The number of carboxylic acids is 2. The third kappa shape index (κ3) is 2.90. The van der Waals surface area contributed by atoms with Crippen LogP contribution in [0.5, 0.6) is 0 Å². The number of carboxylic acid groups (broad SMARTS) is 2. The molecule has 0 bridgehead atoms. The molecule has 3 N–H and O–H groups in total. The molecule has 5 nitrogen and oxygen atoms in total. The maximum Gasteiger partial charge on any atom is 1.00 e. The Morgan fingerprint density at radius 3 is 2.39 bits per heavy atom. The Bertz CT molecular complexity index is 639. The van der Waals surface area contributed by atoms with E-state index < -0.39 is 11.9 Å². The fraction of sp³-hybridized carbons (Fsp3) is 0. The predicted octanol–water partition coefficient (Wildman–Crippen LogP) is -2.51. The topological polar surface area (TPSA) is 103 Å². The van der Waals surface area contributed by atoms with Crippen LogP contribution in [0.1, 0.15) is 20.7 Å². The first-order valence-electron chi connectivity index (χ1n) is 4.77. The van der Waals surface area contributed by atoms with Crippen molar-refractivity contribution in [2.45, 2.75) is 0 Å². The number of rotatable bonds is 2. The molecule has 0 fully saturated rings. The molecule has 0 aliphatic carbocycles. The second kappa shape index (κ2) is 5.81. The molecule has 0 saturated heterocycles. The van der Waals surface area contributed by atoms with Gasteiger partial charge < -0.3 is 20.7 Å². The maximum atomic E-state index is 11.0. The SMILES string of the molecule is Nc1ccc2cc(C(=O)[O-])cc(C(=O)O)c2c1.[K+]. The van der Waals surface area contributed by atoms with E-state index in [-0.39, 0.29) is 62.5 Å². The minimum atomic E-state index is -1.41. The van der Waals surface area contributed by atoms with Crippen molar-refractivity contribution in [1.29, 1.82) is 0 Å². The number of carbonyl (C=O) groups is 2. The van der Waals surface area contributed by atoms with Gasteiger partial charge in [-0.2, -0.15) is 0 Å². The van der Waals surface area contributed by atoms with Crippen molar-refractivity contribution in [3.63, 3.8) is 0 Å². The van der Waals surface area contributed by atoms with Crippen molar-refractivity contribution < 1.29 is 71.2 Å². The molecule has 0 atom stereocenters. The van der Waals surface area contributed by atoms with Gasteiger partial charge in [-0.05, 0) is 40.6 Å². The van der Waals surface area contributed by atoms with Crippen molar-refractivity contribution in [2.24, 2.45) is 0 Å². The summed E-state index contributed by atoms with van der Waals surface area (Å²) in [6.45, 7) is 0. The first-order valence-corrected chi connectivity index (χ1v) is 4.77. The van der Waals surface area contributed by atoms with E-state index in [0.29, 0.717) is 16.5 Å². The number of nitrogens with two attached hydrogens (primary N) is 1. The number of carbonyl (C=O) groups excluding carboxylic acids is 1. The molecule has 0 aromatic heterocycles. The number of nitrogen functional groups attached to an aromatic ring is 1. The van der Waals surface area contributed by atoms with Gasteiger partial charge in [0.15, 0.2) is 0 Å². The summed E-state index contributed by atoms with van der Waals surface area (Å²) in [4.78, 5) is 21.8. The maximum absolute atomic E-state index is 11.0. The molecule has 0 radical (unpaired) electrons. The minimum absolute atomic E-state index is 0. The summed E-state index contributed by atoms with van der Waals surface area (Å²) in [7, 11) is 0. The summed E-state index contributed by atoms with van der Waals surface area (Å²) in [5.41, 5.74) is 5.72. The predicted molar refractivity (Wildman–Crippen MR) is 59.7 cm³/mol. The van der Waals surface area contributed by atoms with E-state index in [1.165, 1.54) is 12.1 Å². The summed E-state index contributed by atoms with van der Waals surface area (Å²) in [5.74, 6) is -2.62. The Labute approximate surface area is 145 Å². The third-order valence-electron chi connectivity index (χ3n) is 2.44. The van der Waals surface area contributed by atoms with E-state index in [1.807, 2.05) is 0 Å². The molecule has 86 valence electrons. The average molecular weight is 269 g/mol. The van der Waals surface area contributed by atoms with E-state index in [0.717, 1.165) is 6.07 Å². The molecule has 0 aliphatic heterocycles. The normalized spacial score (nSPS) is 9.78. The van der Waals surface area contributed by atoms with Crippen LogP contribution in [-0.4, -0.2) is 17.0 Å². The van der Waals surface area contributed by atoms with Gasteiger partial charge in [0.1, 0.15) is 0 Å². The van der Waals surface area contributed by atoms with Crippen LogP contribution in [0.15, 0.2) is 30.3 Å². The zero-order valence-electron chi connectivity index (χ0n) is 9.64. The summed E-state index contributed by atoms with van der Waals surface area (Å²) in [6, 6.07) is 7.07. The van der Waals surface area contributed by atoms with E-state index in [9.17, 15) is 14.7 Å². The molecule has 0 spiro atoms. The van der Waals surface area contributed by atoms with Gasteiger partial charge in [0.25, 0.3) is 0 Å². The average Bonchev–Trinajstić information content (AvgIpc) is 2.27. The van der Waals surface area contributed by atoms with Crippen molar-refractivity contribution in [1.82, 2.24) is 0 Å². The molecule has 2 aromatic carbocycles. The summed E-state index contributed by atoms with van der Waals surface area (Å²) in [6.07, 6.45) is 0. The van der Waals surface area contributed by atoms with Crippen LogP contribution in [0, 0.1) is 0 Å². The molecule has 2 rings (SSSR count). The number of hydrogen-bond donors (Lipinski definition) is 2. The molecule has 0 unspecified atom stereocenters. The van der Waals surface area contributed by atoms with Crippen molar-refractivity contribution in [2.75, 3.05) is 5.73 Å². The second-order valence-corrected chi connectivity index (χ2v) is 3.60.